The van der Waals surface area contributed by atoms with Gasteiger partial charge in [-0.2, -0.15) is 0 Å². The lowest BCUT2D eigenvalue weighted by Crippen LogP contribution is -2.41. The Morgan fingerprint density at radius 2 is 1.90 bits per heavy atom. The van der Waals surface area contributed by atoms with Crippen LogP contribution in [-0.4, -0.2) is 23.6 Å². The van der Waals surface area contributed by atoms with Crippen LogP contribution in [-0.2, 0) is 4.79 Å². The SMILES string of the molecule is CCC(CC)(CBr)CN1C(=O)C(=O)c2cccc(Cl)c21. The molecule has 0 bridgehead atoms. The zero-order valence-electron chi connectivity index (χ0n) is 11.6. The van der Waals surface area contributed by atoms with Crippen molar-refractivity contribution < 1.29 is 9.59 Å². The first kappa shape index (κ1) is 15.5. The average molecular weight is 359 g/mol. The molecule has 0 spiro atoms. The van der Waals surface area contributed by atoms with Crippen molar-refractivity contribution in [2.24, 2.45) is 5.41 Å². The maximum Gasteiger partial charge on any atom is 0.299 e. The van der Waals surface area contributed by atoms with Crippen LogP contribution in [0.3, 0.4) is 0 Å². The lowest BCUT2D eigenvalue weighted by Gasteiger charge is -2.34. The summed E-state index contributed by atoms with van der Waals surface area (Å²) in [5.41, 5.74) is 0.936. The van der Waals surface area contributed by atoms with Gasteiger partial charge in [-0.1, -0.05) is 47.4 Å². The molecule has 0 aromatic heterocycles. The van der Waals surface area contributed by atoms with Gasteiger partial charge in [-0.25, -0.2) is 0 Å². The molecule has 0 saturated carbocycles. The Labute approximate surface area is 132 Å². The number of amides is 1. The van der Waals surface area contributed by atoms with Gasteiger partial charge in [0.05, 0.1) is 16.3 Å². The third-order valence-corrected chi connectivity index (χ3v) is 5.71. The van der Waals surface area contributed by atoms with Crippen molar-refractivity contribution in [1.29, 1.82) is 0 Å². The van der Waals surface area contributed by atoms with Crippen LogP contribution in [0.15, 0.2) is 18.2 Å². The van der Waals surface area contributed by atoms with Crippen LogP contribution in [0, 0.1) is 5.41 Å². The van der Waals surface area contributed by atoms with Crippen LogP contribution in [0.1, 0.15) is 37.0 Å². The molecule has 0 atom stereocenters. The van der Waals surface area contributed by atoms with Crippen LogP contribution in [0.2, 0.25) is 5.02 Å². The second-order valence-corrected chi connectivity index (χ2v) is 6.17. The van der Waals surface area contributed by atoms with Gasteiger partial charge in [-0.3, -0.25) is 9.59 Å². The summed E-state index contributed by atoms with van der Waals surface area (Å²) in [6, 6.07) is 5.08. The van der Waals surface area contributed by atoms with Gasteiger partial charge in [0, 0.05) is 11.9 Å². The fraction of sp³-hybridized carbons (Fsp3) is 0.467. The molecule has 1 aliphatic rings. The van der Waals surface area contributed by atoms with E-state index in [-0.39, 0.29) is 5.41 Å². The molecule has 108 valence electrons. The largest absolute Gasteiger partial charge is 0.303 e. The van der Waals surface area contributed by atoms with E-state index in [1.54, 1.807) is 23.1 Å². The Balaban J connectivity index is 2.44. The molecule has 3 nitrogen and oxygen atoms in total. The Bertz CT molecular complexity index is 547. The van der Waals surface area contributed by atoms with Gasteiger partial charge in [-0.05, 0) is 30.4 Å². The van der Waals surface area contributed by atoms with E-state index in [0.717, 1.165) is 18.2 Å². The normalized spacial score (nSPS) is 14.9. The Hall–Kier alpha value is -0.870. The maximum atomic E-state index is 12.2. The summed E-state index contributed by atoms with van der Waals surface area (Å²) in [5.74, 6) is -0.932. The molecule has 1 aromatic carbocycles. The monoisotopic (exact) mass is 357 g/mol. The number of nitrogens with zero attached hydrogens (tertiary/aromatic N) is 1. The van der Waals surface area contributed by atoms with Crippen LogP contribution in [0.25, 0.3) is 0 Å². The zero-order valence-corrected chi connectivity index (χ0v) is 13.9. The van der Waals surface area contributed by atoms with E-state index in [0.29, 0.717) is 22.8 Å². The van der Waals surface area contributed by atoms with Crippen molar-refractivity contribution in [3.05, 3.63) is 28.8 Å². The highest BCUT2D eigenvalue weighted by atomic mass is 79.9. The van der Waals surface area contributed by atoms with Crippen molar-refractivity contribution in [3.8, 4) is 0 Å². The number of hydrogen-bond acceptors (Lipinski definition) is 2. The van der Waals surface area contributed by atoms with Gasteiger partial charge in [0.15, 0.2) is 0 Å². The minimum Gasteiger partial charge on any atom is -0.303 e. The molecular weight excluding hydrogens is 342 g/mol. The van der Waals surface area contributed by atoms with Gasteiger partial charge >= 0.3 is 0 Å². The first-order chi connectivity index (χ1) is 9.49. The van der Waals surface area contributed by atoms with Crippen molar-refractivity contribution in [2.75, 3.05) is 16.8 Å². The summed E-state index contributed by atoms with van der Waals surface area (Å²) in [7, 11) is 0. The number of alkyl halides is 1. The third kappa shape index (κ3) is 2.40. The number of halogens is 2. The van der Waals surface area contributed by atoms with Crippen LogP contribution >= 0.6 is 27.5 Å². The lowest BCUT2D eigenvalue weighted by molar-refractivity contribution is -0.114. The molecule has 20 heavy (non-hydrogen) atoms. The van der Waals surface area contributed by atoms with Crippen LogP contribution in [0.5, 0.6) is 0 Å². The van der Waals surface area contributed by atoms with E-state index in [4.69, 9.17) is 11.6 Å². The predicted octanol–water partition coefficient (Wildman–Crippen LogP) is 4.07. The molecule has 1 heterocycles. The van der Waals surface area contributed by atoms with Gasteiger partial charge in [0.2, 0.25) is 0 Å². The van der Waals surface area contributed by atoms with Crippen LogP contribution in [0.4, 0.5) is 5.69 Å². The van der Waals surface area contributed by atoms with E-state index in [1.165, 1.54) is 0 Å². The minimum absolute atomic E-state index is 0.0449. The zero-order chi connectivity index (χ0) is 14.9. The van der Waals surface area contributed by atoms with Gasteiger partial charge in [0.1, 0.15) is 0 Å². The number of anilines is 1. The number of fused-ring (bicyclic) bond motifs is 1. The summed E-state index contributed by atoms with van der Waals surface area (Å²) in [6.45, 7) is 4.70. The fourth-order valence-electron chi connectivity index (χ4n) is 2.50. The quantitative estimate of drug-likeness (QED) is 0.588. The third-order valence-electron chi connectivity index (χ3n) is 4.22. The Morgan fingerprint density at radius 3 is 2.45 bits per heavy atom. The number of carbonyl (C=O) groups excluding carboxylic acids is 2. The van der Waals surface area contributed by atoms with Crippen LogP contribution < -0.4 is 4.90 Å². The highest BCUT2D eigenvalue weighted by Gasteiger charge is 2.41. The van der Waals surface area contributed by atoms with E-state index in [9.17, 15) is 9.59 Å². The molecule has 2 rings (SSSR count). The molecule has 5 heteroatoms. The fourth-order valence-corrected chi connectivity index (χ4v) is 3.75. The van der Waals surface area contributed by atoms with Gasteiger partial charge < -0.3 is 4.90 Å². The summed E-state index contributed by atoms with van der Waals surface area (Å²) in [6.07, 6.45) is 1.85. The number of carbonyl (C=O) groups is 2. The molecule has 0 radical (unpaired) electrons. The van der Waals surface area contributed by atoms with Gasteiger partial charge in [0.25, 0.3) is 11.7 Å². The molecule has 1 aliphatic heterocycles. The molecule has 0 unspecified atom stereocenters. The number of Topliss-reactive ketones (excluding diaryl/α,β-unsaturated/α-hetero) is 1. The standard InChI is InChI=1S/C15H17BrClNO2/c1-3-15(4-2,8-16)9-18-12-10(13(19)14(18)20)6-5-7-11(12)17/h5-7H,3-4,8-9H2,1-2H3. The molecule has 0 saturated heterocycles. The molecule has 1 aromatic rings. The summed E-state index contributed by atoms with van der Waals surface area (Å²) in [4.78, 5) is 25.8. The summed E-state index contributed by atoms with van der Waals surface area (Å²) in [5, 5.41) is 1.24. The van der Waals surface area contributed by atoms with Crippen molar-refractivity contribution in [2.45, 2.75) is 26.7 Å². The highest BCUT2D eigenvalue weighted by molar-refractivity contribution is 9.09. The second kappa shape index (κ2) is 5.86. The van der Waals surface area contributed by atoms with Gasteiger partial charge in [-0.15, -0.1) is 0 Å². The molecule has 0 N–H and O–H groups in total. The maximum absolute atomic E-state index is 12.2. The molecule has 0 aliphatic carbocycles. The Morgan fingerprint density at radius 1 is 1.25 bits per heavy atom. The van der Waals surface area contributed by atoms with E-state index >= 15 is 0 Å². The molecule has 0 fully saturated rings. The summed E-state index contributed by atoms with van der Waals surface area (Å²) < 4.78 is 0. The van der Waals surface area contributed by atoms with Crippen molar-refractivity contribution in [1.82, 2.24) is 0 Å². The second-order valence-electron chi connectivity index (χ2n) is 5.20. The van der Waals surface area contributed by atoms with E-state index in [2.05, 4.69) is 29.8 Å². The number of hydrogen-bond donors (Lipinski definition) is 0. The Kier molecular flexibility index (Phi) is 4.55. The lowest BCUT2D eigenvalue weighted by atomic mass is 9.84. The molecular formula is C15H17BrClNO2. The number of benzene rings is 1. The van der Waals surface area contributed by atoms with Crippen molar-refractivity contribution in [3.63, 3.8) is 0 Å². The average Bonchev–Trinajstić information content (AvgIpc) is 2.71. The minimum atomic E-state index is -0.472. The first-order valence-electron chi connectivity index (χ1n) is 6.70. The molecule has 1 amide bonds. The summed E-state index contributed by atoms with van der Waals surface area (Å²) >= 11 is 9.73. The number of para-hydroxylation sites is 1. The smallest absolute Gasteiger partial charge is 0.299 e. The van der Waals surface area contributed by atoms with E-state index in [1.807, 2.05) is 0 Å². The topological polar surface area (TPSA) is 37.4 Å². The highest BCUT2D eigenvalue weighted by Crippen LogP contribution is 2.39. The number of ketones is 1. The first-order valence-corrected chi connectivity index (χ1v) is 8.20. The van der Waals surface area contributed by atoms with Crippen molar-refractivity contribution >= 4 is 44.9 Å². The number of rotatable bonds is 5. The predicted molar refractivity (Wildman–Crippen MR) is 84.9 cm³/mol. The van der Waals surface area contributed by atoms with E-state index < -0.39 is 11.7 Å².